The molecule has 0 radical (unpaired) electrons. The van der Waals surface area contributed by atoms with E-state index in [1.165, 1.54) is 0 Å². The second-order valence-corrected chi connectivity index (χ2v) is 9.17. The second kappa shape index (κ2) is 10.7. The Kier molecular flexibility index (Phi) is 6.63. The summed E-state index contributed by atoms with van der Waals surface area (Å²) in [5, 5.41) is 7.12. The molecule has 0 saturated heterocycles. The molecule has 1 aromatic carbocycles. The van der Waals surface area contributed by atoms with Crippen molar-refractivity contribution in [2.75, 3.05) is 12.4 Å². The molecule has 0 spiro atoms. The molecule has 0 bridgehead atoms. The number of nitrogens with zero attached hydrogens (tertiary/aromatic N) is 5. The third kappa shape index (κ3) is 5.10. The molecule has 40 heavy (non-hydrogen) atoms. The van der Waals surface area contributed by atoms with Crippen LogP contribution in [0.25, 0.3) is 27.5 Å². The zero-order valence-corrected chi connectivity index (χ0v) is 21.6. The van der Waals surface area contributed by atoms with Crippen molar-refractivity contribution in [2.24, 2.45) is 0 Å². The summed E-state index contributed by atoms with van der Waals surface area (Å²) in [4.78, 5) is 38.6. The predicted molar refractivity (Wildman–Crippen MR) is 152 cm³/mol. The molecule has 0 aliphatic carbocycles. The van der Waals surface area contributed by atoms with Gasteiger partial charge in [-0.3, -0.25) is 9.78 Å². The maximum Gasteiger partial charge on any atom is 0.414 e. The summed E-state index contributed by atoms with van der Waals surface area (Å²) >= 11 is 0. The number of hydrogen-bond acceptors (Lipinski definition) is 7. The monoisotopic (exact) mass is 531 g/mol. The van der Waals surface area contributed by atoms with E-state index in [2.05, 4.69) is 25.6 Å². The van der Waals surface area contributed by atoms with E-state index < -0.39 is 6.09 Å². The number of carbonyl (C=O) groups excluding carboxylic acids is 1. The van der Waals surface area contributed by atoms with Crippen molar-refractivity contribution in [3.05, 3.63) is 119 Å². The maximum absolute atomic E-state index is 13.3. The van der Waals surface area contributed by atoms with Gasteiger partial charge in [-0.15, -0.1) is 0 Å². The Morgan fingerprint density at radius 2 is 1.88 bits per heavy atom. The van der Waals surface area contributed by atoms with Crippen LogP contribution in [0.4, 0.5) is 10.5 Å². The van der Waals surface area contributed by atoms with Gasteiger partial charge in [0.2, 0.25) is 5.88 Å². The molecule has 0 fully saturated rings. The van der Waals surface area contributed by atoms with E-state index in [1.54, 1.807) is 48.5 Å². The molecule has 0 aliphatic rings. The first-order valence-electron chi connectivity index (χ1n) is 12.7. The minimum absolute atomic E-state index is 0.127. The van der Waals surface area contributed by atoms with Crippen molar-refractivity contribution >= 4 is 28.2 Å². The first-order chi connectivity index (χ1) is 19.6. The van der Waals surface area contributed by atoms with Crippen LogP contribution in [-0.2, 0) is 13.1 Å². The van der Waals surface area contributed by atoms with Crippen LogP contribution in [0.1, 0.15) is 11.3 Å². The lowest BCUT2D eigenvalue weighted by molar-refractivity contribution is 0.198. The highest BCUT2D eigenvalue weighted by Crippen LogP contribution is 2.25. The Balaban J connectivity index is 1.17. The highest BCUT2D eigenvalue weighted by Gasteiger charge is 2.11. The summed E-state index contributed by atoms with van der Waals surface area (Å²) in [7, 11) is 1.77. The van der Waals surface area contributed by atoms with Crippen molar-refractivity contribution in [1.82, 2.24) is 29.2 Å². The molecule has 10 nitrogen and oxygen atoms in total. The van der Waals surface area contributed by atoms with Gasteiger partial charge in [0.25, 0.3) is 5.56 Å². The van der Waals surface area contributed by atoms with E-state index in [1.807, 2.05) is 65.3 Å². The lowest BCUT2D eigenvalue weighted by atomic mass is 10.0. The first kappa shape index (κ1) is 24.8. The second-order valence-electron chi connectivity index (χ2n) is 9.17. The van der Waals surface area contributed by atoms with Gasteiger partial charge in [0.05, 0.1) is 17.6 Å². The van der Waals surface area contributed by atoms with E-state index >= 15 is 0 Å². The summed E-state index contributed by atoms with van der Waals surface area (Å²) in [5.41, 5.74) is 4.91. The van der Waals surface area contributed by atoms with E-state index in [-0.39, 0.29) is 18.0 Å². The van der Waals surface area contributed by atoms with Gasteiger partial charge < -0.3 is 24.3 Å². The van der Waals surface area contributed by atoms with Crippen molar-refractivity contribution in [3.63, 3.8) is 0 Å². The Hall–Kier alpha value is -5.51. The molecule has 6 rings (SSSR count). The number of amides is 1. The smallest absolute Gasteiger partial charge is 0.391 e. The highest BCUT2D eigenvalue weighted by molar-refractivity contribution is 5.95. The van der Waals surface area contributed by atoms with Gasteiger partial charge in [-0.1, -0.05) is 36.4 Å². The number of ether oxygens (including phenoxy) is 1. The molecular formula is C30H25N7O3. The number of carbonyl (C=O) groups is 1. The number of rotatable bonds is 7. The van der Waals surface area contributed by atoms with Crippen LogP contribution >= 0.6 is 0 Å². The van der Waals surface area contributed by atoms with E-state index in [4.69, 9.17) is 4.74 Å². The minimum Gasteiger partial charge on any atom is -0.391 e. The quantitative estimate of drug-likeness (QED) is 0.312. The number of aromatic nitrogens is 5. The van der Waals surface area contributed by atoms with Gasteiger partial charge in [0.1, 0.15) is 5.65 Å². The number of imidazole rings is 1. The molecule has 1 amide bonds. The van der Waals surface area contributed by atoms with Crippen LogP contribution in [0.2, 0.25) is 0 Å². The van der Waals surface area contributed by atoms with Gasteiger partial charge in [0, 0.05) is 68.1 Å². The van der Waals surface area contributed by atoms with Crippen LogP contribution < -0.4 is 20.9 Å². The molecule has 0 unspecified atom stereocenters. The van der Waals surface area contributed by atoms with Gasteiger partial charge in [0.15, 0.2) is 0 Å². The number of fused-ring (bicyclic) bond motifs is 2. The summed E-state index contributed by atoms with van der Waals surface area (Å²) in [6.45, 7) is 0.569. The molecule has 5 heterocycles. The fourth-order valence-electron chi connectivity index (χ4n) is 4.55. The third-order valence-electron chi connectivity index (χ3n) is 6.54. The number of hydrogen-bond donors (Lipinski definition) is 2. The van der Waals surface area contributed by atoms with Crippen LogP contribution in [-0.4, -0.2) is 37.1 Å². The lowest BCUT2D eigenvalue weighted by Gasteiger charge is -2.09. The molecule has 10 heteroatoms. The normalized spacial score (nSPS) is 11.0. The van der Waals surface area contributed by atoms with Crippen molar-refractivity contribution in [3.8, 4) is 17.0 Å². The van der Waals surface area contributed by atoms with E-state index in [9.17, 15) is 9.59 Å². The number of benzene rings is 1. The number of anilines is 1. The Labute approximate surface area is 228 Å². The molecule has 0 atom stereocenters. The largest absolute Gasteiger partial charge is 0.414 e. The predicted octanol–water partition coefficient (Wildman–Crippen LogP) is 4.48. The average Bonchev–Trinajstić information content (AvgIpc) is 3.39. The standard InChI is InChI=1S/C30H25N7O3/c1-31-22-9-11-33-28(13-22)40-30(39)34-14-20-7-8-27-35-23(19-37(27)17-20)18-36-12-10-24-25(21-5-3-2-4-6-21)15-32-16-26(24)29(36)38/h2-13,15-17,19H,14,18H2,1H3,(H,31,33)(H,34,39). The minimum atomic E-state index is -0.604. The summed E-state index contributed by atoms with van der Waals surface area (Å²) in [5.74, 6) is 0.204. The average molecular weight is 532 g/mol. The van der Waals surface area contributed by atoms with Gasteiger partial charge in [-0.25, -0.2) is 14.8 Å². The van der Waals surface area contributed by atoms with Crippen LogP contribution in [0, 0.1) is 0 Å². The zero-order valence-electron chi connectivity index (χ0n) is 21.6. The Bertz CT molecular complexity index is 1900. The molecule has 2 N–H and O–H groups in total. The van der Waals surface area contributed by atoms with Crippen LogP contribution in [0.3, 0.4) is 0 Å². The summed E-state index contributed by atoms with van der Waals surface area (Å²) in [6, 6.07) is 19.0. The summed E-state index contributed by atoms with van der Waals surface area (Å²) < 4.78 is 8.76. The molecule has 6 aromatic rings. The fraction of sp³-hybridized carbons (Fsp3) is 0.100. The molecule has 198 valence electrons. The topological polar surface area (TPSA) is 115 Å². The van der Waals surface area contributed by atoms with Crippen molar-refractivity contribution < 1.29 is 9.53 Å². The molecular weight excluding hydrogens is 506 g/mol. The van der Waals surface area contributed by atoms with Crippen molar-refractivity contribution in [1.29, 1.82) is 0 Å². The first-order valence-corrected chi connectivity index (χ1v) is 12.7. The van der Waals surface area contributed by atoms with E-state index in [0.717, 1.165) is 39.1 Å². The third-order valence-corrected chi connectivity index (χ3v) is 6.54. The SMILES string of the molecule is CNc1ccnc(OC(=O)NCc2ccc3nc(Cn4ccc5c(-c6ccccc6)cncc5c4=O)cn3c2)c1. The number of pyridine rings is 4. The van der Waals surface area contributed by atoms with E-state index in [0.29, 0.717) is 11.9 Å². The summed E-state index contributed by atoms with van der Waals surface area (Å²) in [6.07, 6.45) is 9.90. The number of nitrogens with one attached hydrogen (secondary N) is 2. The van der Waals surface area contributed by atoms with Gasteiger partial charge in [-0.2, -0.15) is 0 Å². The Morgan fingerprint density at radius 1 is 1.00 bits per heavy atom. The fourth-order valence-corrected chi connectivity index (χ4v) is 4.55. The van der Waals surface area contributed by atoms with Gasteiger partial charge >= 0.3 is 6.09 Å². The van der Waals surface area contributed by atoms with Crippen LogP contribution in [0.5, 0.6) is 5.88 Å². The highest BCUT2D eigenvalue weighted by atomic mass is 16.6. The molecule has 0 aliphatic heterocycles. The van der Waals surface area contributed by atoms with Gasteiger partial charge in [-0.05, 0) is 34.7 Å². The lowest BCUT2D eigenvalue weighted by Crippen LogP contribution is -2.26. The zero-order chi connectivity index (χ0) is 27.5. The molecule has 0 saturated carbocycles. The van der Waals surface area contributed by atoms with Crippen molar-refractivity contribution in [2.45, 2.75) is 13.1 Å². The Morgan fingerprint density at radius 3 is 2.73 bits per heavy atom. The van der Waals surface area contributed by atoms with Crippen LogP contribution in [0.15, 0.2) is 103 Å². The maximum atomic E-state index is 13.3. The molecule has 5 aromatic heterocycles.